The Labute approximate surface area is 219 Å². The van der Waals surface area contributed by atoms with E-state index in [1.54, 1.807) is 26.2 Å². The van der Waals surface area contributed by atoms with Crippen LogP contribution >= 0.6 is 0 Å². The summed E-state index contributed by atoms with van der Waals surface area (Å²) in [6.45, 7) is 5.44. The smallest absolute Gasteiger partial charge is 0.256 e. The number of nitrogens with one attached hydrogen (secondary N) is 1. The average Bonchev–Trinajstić information content (AvgIpc) is 3.17. The summed E-state index contributed by atoms with van der Waals surface area (Å²) in [5.74, 6) is 1.70. The van der Waals surface area contributed by atoms with E-state index in [0.717, 1.165) is 22.4 Å². The van der Waals surface area contributed by atoms with Gasteiger partial charge in [0.15, 0.2) is 11.5 Å². The Bertz CT molecular complexity index is 1260. The van der Waals surface area contributed by atoms with Crippen molar-refractivity contribution in [1.29, 1.82) is 0 Å². The number of methoxy groups -OCH3 is 2. The first-order valence-corrected chi connectivity index (χ1v) is 12.5. The normalized spacial score (nSPS) is 14.5. The van der Waals surface area contributed by atoms with Crippen molar-refractivity contribution in [2.45, 2.75) is 26.4 Å². The highest BCUT2D eigenvalue weighted by Gasteiger charge is 2.36. The van der Waals surface area contributed by atoms with Crippen LogP contribution in [0.1, 0.15) is 51.9 Å². The molecule has 0 saturated carbocycles. The zero-order valence-corrected chi connectivity index (χ0v) is 22.2. The average molecular weight is 502 g/mol. The van der Waals surface area contributed by atoms with Gasteiger partial charge in [0, 0.05) is 42.5 Å². The van der Waals surface area contributed by atoms with Crippen LogP contribution in [-0.4, -0.2) is 56.0 Å². The van der Waals surface area contributed by atoms with E-state index in [-0.39, 0.29) is 18.0 Å². The second kappa shape index (κ2) is 11.4. The molecule has 1 aliphatic rings. The van der Waals surface area contributed by atoms with E-state index in [1.165, 1.54) is 0 Å². The fraction of sp³-hybridized carbons (Fsp3) is 0.333. The zero-order chi connectivity index (χ0) is 26.5. The minimum Gasteiger partial charge on any atom is -0.493 e. The number of carbonyl (C=O) groups excluding carboxylic acids is 2. The number of rotatable bonds is 10. The lowest BCUT2D eigenvalue weighted by Crippen LogP contribution is -2.35. The zero-order valence-electron chi connectivity index (χ0n) is 22.2. The lowest BCUT2D eigenvalue weighted by Gasteiger charge is -2.28. The van der Waals surface area contributed by atoms with Crippen LogP contribution in [0.3, 0.4) is 0 Å². The third-order valence-electron chi connectivity index (χ3n) is 6.59. The van der Waals surface area contributed by atoms with Crippen LogP contribution in [0.15, 0.2) is 66.7 Å². The summed E-state index contributed by atoms with van der Waals surface area (Å²) < 4.78 is 10.7. The molecular weight excluding hydrogens is 466 g/mol. The van der Waals surface area contributed by atoms with Gasteiger partial charge in [-0.05, 0) is 60.4 Å². The quantitative estimate of drug-likeness (QED) is 0.411. The molecule has 0 saturated heterocycles. The molecule has 1 atom stereocenters. The maximum absolute atomic E-state index is 13.0. The molecule has 0 radical (unpaired) electrons. The molecule has 3 aromatic rings. The Morgan fingerprint density at radius 3 is 2.38 bits per heavy atom. The highest BCUT2D eigenvalue weighted by atomic mass is 16.5. The van der Waals surface area contributed by atoms with Crippen molar-refractivity contribution in [3.05, 3.63) is 89.0 Å². The Kier molecular flexibility index (Phi) is 8.01. The summed E-state index contributed by atoms with van der Waals surface area (Å²) in [7, 11) is 5.03. The van der Waals surface area contributed by atoms with Gasteiger partial charge in [0.25, 0.3) is 11.8 Å². The SMILES string of the molecule is COc1ccc(CCN(C)C(=O)c2ccc(NC3c4ccccc4C(=O)N3CC(C)C)cc2)cc1OC. The Morgan fingerprint density at radius 2 is 1.70 bits per heavy atom. The van der Waals surface area contributed by atoms with Gasteiger partial charge in [-0.1, -0.05) is 38.1 Å². The lowest BCUT2D eigenvalue weighted by atomic mass is 10.1. The monoisotopic (exact) mass is 501 g/mol. The number of ether oxygens (including phenoxy) is 2. The van der Waals surface area contributed by atoms with Crippen molar-refractivity contribution in [2.24, 2.45) is 5.92 Å². The van der Waals surface area contributed by atoms with Crippen molar-refractivity contribution in [2.75, 3.05) is 39.7 Å². The molecule has 194 valence electrons. The summed E-state index contributed by atoms with van der Waals surface area (Å²) in [6, 6.07) is 21.0. The molecule has 0 spiro atoms. The van der Waals surface area contributed by atoms with Crippen molar-refractivity contribution in [3.63, 3.8) is 0 Å². The van der Waals surface area contributed by atoms with E-state index in [9.17, 15) is 9.59 Å². The van der Waals surface area contributed by atoms with Crippen LogP contribution in [0.2, 0.25) is 0 Å². The van der Waals surface area contributed by atoms with Gasteiger partial charge in [0.1, 0.15) is 6.17 Å². The third-order valence-corrected chi connectivity index (χ3v) is 6.59. The molecule has 7 heteroatoms. The second-order valence-electron chi connectivity index (χ2n) is 9.73. The maximum atomic E-state index is 13.0. The molecule has 1 heterocycles. The molecule has 0 aromatic heterocycles. The number of benzene rings is 3. The van der Waals surface area contributed by atoms with Crippen LogP contribution in [0, 0.1) is 5.92 Å². The summed E-state index contributed by atoms with van der Waals surface area (Å²) in [6.07, 6.45) is 0.458. The number of anilines is 1. The van der Waals surface area contributed by atoms with Gasteiger partial charge in [-0.2, -0.15) is 0 Å². The highest BCUT2D eigenvalue weighted by molar-refractivity contribution is 5.99. The van der Waals surface area contributed by atoms with Crippen molar-refractivity contribution in [1.82, 2.24) is 9.80 Å². The number of fused-ring (bicyclic) bond motifs is 1. The fourth-order valence-electron chi connectivity index (χ4n) is 4.63. The van der Waals surface area contributed by atoms with Gasteiger partial charge in [0.2, 0.25) is 0 Å². The Balaban J connectivity index is 1.41. The summed E-state index contributed by atoms with van der Waals surface area (Å²) in [5.41, 5.74) is 4.25. The van der Waals surface area contributed by atoms with Gasteiger partial charge < -0.3 is 24.6 Å². The molecule has 7 nitrogen and oxygen atoms in total. The molecule has 2 amide bonds. The highest BCUT2D eigenvalue weighted by Crippen LogP contribution is 2.35. The van der Waals surface area contributed by atoms with E-state index in [4.69, 9.17) is 9.47 Å². The second-order valence-corrected chi connectivity index (χ2v) is 9.73. The van der Waals surface area contributed by atoms with Crippen molar-refractivity contribution in [3.8, 4) is 11.5 Å². The predicted molar refractivity (Wildman–Crippen MR) is 145 cm³/mol. The largest absolute Gasteiger partial charge is 0.493 e. The van der Waals surface area contributed by atoms with Gasteiger partial charge in [-0.3, -0.25) is 9.59 Å². The molecule has 4 rings (SSSR count). The molecular formula is C30H35N3O4. The van der Waals surface area contributed by atoms with E-state index in [0.29, 0.717) is 42.5 Å². The summed E-state index contributed by atoms with van der Waals surface area (Å²) in [5, 5.41) is 3.50. The van der Waals surface area contributed by atoms with Crippen LogP contribution in [0.4, 0.5) is 5.69 Å². The first-order valence-electron chi connectivity index (χ1n) is 12.5. The van der Waals surface area contributed by atoms with E-state index in [2.05, 4.69) is 19.2 Å². The molecule has 0 fully saturated rings. The lowest BCUT2D eigenvalue weighted by molar-refractivity contribution is 0.0720. The Hall–Kier alpha value is -4.00. The molecule has 37 heavy (non-hydrogen) atoms. The van der Waals surface area contributed by atoms with E-state index in [1.807, 2.05) is 71.6 Å². The Morgan fingerprint density at radius 1 is 1.00 bits per heavy atom. The molecule has 1 N–H and O–H groups in total. The first kappa shape index (κ1) is 26.1. The minimum atomic E-state index is -0.239. The summed E-state index contributed by atoms with van der Waals surface area (Å²) >= 11 is 0. The standard InChI is InChI=1S/C30H35N3O4/c1-20(2)19-33-28(24-8-6-7-9-25(24)30(33)35)31-23-13-11-22(12-14-23)29(34)32(3)17-16-21-10-15-26(36-4)27(18-21)37-5/h6-15,18,20,28,31H,16-17,19H2,1-5H3. The van der Waals surface area contributed by atoms with Gasteiger partial charge in [0.05, 0.1) is 14.2 Å². The predicted octanol–water partition coefficient (Wildman–Crippen LogP) is 5.24. The fourth-order valence-corrected chi connectivity index (χ4v) is 4.63. The molecule has 1 unspecified atom stereocenters. The number of hydrogen-bond acceptors (Lipinski definition) is 5. The van der Waals surface area contributed by atoms with Crippen LogP contribution < -0.4 is 14.8 Å². The van der Waals surface area contributed by atoms with E-state index >= 15 is 0 Å². The third kappa shape index (κ3) is 5.71. The number of likely N-dealkylation sites (N-methyl/N-ethyl adjacent to an activating group) is 1. The molecule has 0 bridgehead atoms. The van der Waals surface area contributed by atoms with E-state index < -0.39 is 0 Å². The van der Waals surface area contributed by atoms with Crippen LogP contribution in [0.5, 0.6) is 11.5 Å². The minimum absolute atomic E-state index is 0.0460. The van der Waals surface area contributed by atoms with Crippen LogP contribution in [-0.2, 0) is 6.42 Å². The van der Waals surface area contributed by atoms with Gasteiger partial charge >= 0.3 is 0 Å². The summed E-state index contributed by atoms with van der Waals surface area (Å²) in [4.78, 5) is 29.6. The first-order chi connectivity index (χ1) is 17.8. The van der Waals surface area contributed by atoms with Crippen molar-refractivity contribution < 1.29 is 19.1 Å². The molecule has 1 aliphatic heterocycles. The molecule has 3 aromatic carbocycles. The van der Waals surface area contributed by atoms with Crippen LogP contribution in [0.25, 0.3) is 0 Å². The number of hydrogen-bond donors (Lipinski definition) is 1. The number of nitrogens with zero attached hydrogens (tertiary/aromatic N) is 2. The van der Waals surface area contributed by atoms with Gasteiger partial charge in [-0.15, -0.1) is 0 Å². The number of amides is 2. The molecule has 0 aliphatic carbocycles. The van der Waals surface area contributed by atoms with Crippen molar-refractivity contribution >= 4 is 17.5 Å². The number of carbonyl (C=O) groups is 2. The topological polar surface area (TPSA) is 71.1 Å². The van der Waals surface area contributed by atoms with Gasteiger partial charge in [-0.25, -0.2) is 0 Å². The maximum Gasteiger partial charge on any atom is 0.256 e.